The Bertz CT molecular complexity index is 420. The zero-order chi connectivity index (χ0) is 14.6. The Morgan fingerprint density at radius 1 is 1.45 bits per heavy atom. The molecule has 2 N–H and O–H groups in total. The van der Waals surface area contributed by atoms with Gasteiger partial charge in [-0.2, -0.15) is 0 Å². The van der Waals surface area contributed by atoms with E-state index in [1.807, 2.05) is 11.3 Å². The van der Waals surface area contributed by atoms with Gasteiger partial charge >= 0.3 is 0 Å². The third kappa shape index (κ3) is 3.85. The molecule has 2 atom stereocenters. The van der Waals surface area contributed by atoms with Crippen LogP contribution in [-0.4, -0.2) is 24.0 Å². The number of likely N-dealkylation sites (N-methyl/N-ethyl adjacent to an activating group) is 1. The molecule has 0 bridgehead atoms. The molecule has 0 amide bonds. The van der Waals surface area contributed by atoms with Crippen LogP contribution in [0.5, 0.6) is 0 Å². The van der Waals surface area contributed by atoms with Gasteiger partial charge in [0.25, 0.3) is 0 Å². The highest BCUT2D eigenvalue weighted by molar-refractivity contribution is 9.10. The summed E-state index contributed by atoms with van der Waals surface area (Å²) >= 11 is 5.38. The molecule has 0 aliphatic heterocycles. The van der Waals surface area contributed by atoms with Gasteiger partial charge in [0, 0.05) is 33.4 Å². The maximum Gasteiger partial charge on any atom is 0.0332 e. The molecule has 2 unspecified atom stereocenters. The van der Waals surface area contributed by atoms with Gasteiger partial charge in [0.2, 0.25) is 0 Å². The molecule has 0 radical (unpaired) electrons. The Balaban J connectivity index is 2.05. The van der Waals surface area contributed by atoms with E-state index in [0.717, 1.165) is 19.0 Å². The van der Waals surface area contributed by atoms with Gasteiger partial charge in [0.05, 0.1) is 0 Å². The predicted molar refractivity (Wildman–Crippen MR) is 92.1 cm³/mol. The molecule has 1 aliphatic carbocycles. The molecule has 20 heavy (non-hydrogen) atoms. The predicted octanol–water partition coefficient (Wildman–Crippen LogP) is 4.63. The lowest BCUT2D eigenvalue weighted by Gasteiger charge is -2.41. The lowest BCUT2D eigenvalue weighted by molar-refractivity contribution is 0.0994. The molecule has 2 nitrogen and oxygen atoms in total. The average Bonchev–Trinajstić information content (AvgIpc) is 2.74. The summed E-state index contributed by atoms with van der Waals surface area (Å²) in [7, 11) is 2.26. The third-order valence-electron chi connectivity index (χ3n) is 5.05. The van der Waals surface area contributed by atoms with Crippen molar-refractivity contribution < 1.29 is 0 Å². The number of rotatable bonds is 5. The molecule has 1 saturated carbocycles. The van der Waals surface area contributed by atoms with Crippen LogP contribution in [0.2, 0.25) is 0 Å². The topological polar surface area (TPSA) is 29.3 Å². The molecule has 0 spiro atoms. The van der Waals surface area contributed by atoms with Crippen LogP contribution >= 0.6 is 27.3 Å². The summed E-state index contributed by atoms with van der Waals surface area (Å²) in [6, 6.07) is 2.23. The van der Waals surface area contributed by atoms with Crippen LogP contribution in [0.4, 0.5) is 0 Å². The number of nitrogens with zero attached hydrogens (tertiary/aromatic N) is 1. The van der Waals surface area contributed by atoms with Crippen molar-refractivity contribution in [2.24, 2.45) is 11.7 Å². The first kappa shape index (κ1) is 16.5. The fraction of sp³-hybridized carbons (Fsp3) is 0.750. The van der Waals surface area contributed by atoms with Crippen LogP contribution in [0.15, 0.2) is 15.9 Å². The summed E-state index contributed by atoms with van der Waals surface area (Å²) in [5.74, 6) is 0.910. The highest BCUT2D eigenvalue weighted by atomic mass is 79.9. The van der Waals surface area contributed by atoms with Gasteiger partial charge in [0.1, 0.15) is 0 Å². The van der Waals surface area contributed by atoms with Crippen molar-refractivity contribution in [1.29, 1.82) is 0 Å². The zero-order valence-corrected chi connectivity index (χ0v) is 15.1. The molecule has 1 aliphatic rings. The van der Waals surface area contributed by atoms with Crippen LogP contribution < -0.4 is 5.73 Å². The number of hydrogen-bond donors (Lipinski definition) is 1. The molecule has 1 aromatic rings. The van der Waals surface area contributed by atoms with Gasteiger partial charge in [0.15, 0.2) is 0 Å². The van der Waals surface area contributed by atoms with E-state index in [1.165, 1.54) is 47.9 Å². The van der Waals surface area contributed by atoms with E-state index in [1.54, 1.807) is 0 Å². The highest BCUT2D eigenvalue weighted by Gasteiger charge is 2.35. The maximum atomic E-state index is 6.21. The fourth-order valence-corrected chi connectivity index (χ4v) is 4.95. The molecular formula is C16H27BrN2S. The van der Waals surface area contributed by atoms with Crippen molar-refractivity contribution in [3.63, 3.8) is 0 Å². The minimum atomic E-state index is 0.209. The van der Waals surface area contributed by atoms with Gasteiger partial charge in [-0.1, -0.05) is 26.2 Å². The van der Waals surface area contributed by atoms with Crippen molar-refractivity contribution in [2.45, 2.75) is 57.5 Å². The highest BCUT2D eigenvalue weighted by Crippen LogP contribution is 2.36. The first-order valence-corrected chi connectivity index (χ1v) is 9.41. The number of nitrogens with two attached hydrogens (primary N) is 1. The van der Waals surface area contributed by atoms with Crippen LogP contribution in [0.3, 0.4) is 0 Å². The minimum Gasteiger partial charge on any atom is -0.329 e. The third-order valence-corrected chi connectivity index (χ3v) is 6.74. The van der Waals surface area contributed by atoms with Crippen molar-refractivity contribution in [3.05, 3.63) is 20.8 Å². The van der Waals surface area contributed by atoms with Crippen molar-refractivity contribution >= 4 is 27.3 Å². The first-order chi connectivity index (χ1) is 9.59. The largest absolute Gasteiger partial charge is 0.329 e. The maximum absolute atomic E-state index is 6.21. The standard InChI is InChI=1S/C16H27BrN2S/c1-3-13-5-4-7-16(12-18,8-6-13)19(2)10-15-9-14(17)11-20-15/h9,11,13H,3-8,10,12,18H2,1-2H3. The minimum absolute atomic E-state index is 0.209. The first-order valence-electron chi connectivity index (χ1n) is 7.74. The van der Waals surface area contributed by atoms with E-state index in [2.05, 4.69) is 46.2 Å². The van der Waals surface area contributed by atoms with Gasteiger partial charge in [-0.3, -0.25) is 4.90 Å². The van der Waals surface area contributed by atoms with Crippen molar-refractivity contribution in [3.8, 4) is 0 Å². The second kappa shape index (κ2) is 7.39. The fourth-order valence-electron chi connectivity index (χ4n) is 3.45. The normalized spacial score (nSPS) is 27.8. The summed E-state index contributed by atoms with van der Waals surface area (Å²) in [6.07, 6.45) is 7.88. The number of halogens is 1. The Morgan fingerprint density at radius 2 is 2.25 bits per heavy atom. The van der Waals surface area contributed by atoms with Crippen LogP contribution in [0, 0.1) is 5.92 Å². The summed E-state index contributed by atoms with van der Waals surface area (Å²) < 4.78 is 1.19. The Hall–Kier alpha value is 0.1000. The summed E-state index contributed by atoms with van der Waals surface area (Å²) in [5.41, 5.74) is 6.42. The van der Waals surface area contributed by atoms with Gasteiger partial charge in [-0.15, -0.1) is 11.3 Å². The Labute approximate surface area is 135 Å². The molecule has 0 aromatic carbocycles. The molecule has 114 valence electrons. The van der Waals surface area contributed by atoms with E-state index in [4.69, 9.17) is 5.73 Å². The molecule has 0 saturated heterocycles. The van der Waals surface area contributed by atoms with Crippen LogP contribution in [0.25, 0.3) is 0 Å². The number of thiophene rings is 1. The summed E-state index contributed by atoms with van der Waals surface area (Å²) in [6.45, 7) is 4.13. The van der Waals surface area contributed by atoms with E-state index in [0.29, 0.717) is 0 Å². The van der Waals surface area contributed by atoms with Gasteiger partial charge in [-0.25, -0.2) is 0 Å². The second-order valence-electron chi connectivity index (χ2n) is 6.22. The van der Waals surface area contributed by atoms with Crippen molar-refractivity contribution in [1.82, 2.24) is 4.90 Å². The van der Waals surface area contributed by atoms with E-state index in [-0.39, 0.29) is 5.54 Å². The molecule has 4 heteroatoms. The SMILES string of the molecule is CCC1CCCC(CN)(N(C)Cc2cc(Br)cs2)CC1. The van der Waals surface area contributed by atoms with Crippen LogP contribution in [-0.2, 0) is 6.54 Å². The zero-order valence-electron chi connectivity index (χ0n) is 12.7. The van der Waals surface area contributed by atoms with E-state index in [9.17, 15) is 0 Å². The average molecular weight is 359 g/mol. The Morgan fingerprint density at radius 3 is 2.85 bits per heavy atom. The second-order valence-corrected chi connectivity index (χ2v) is 8.13. The number of hydrogen-bond acceptors (Lipinski definition) is 3. The molecule has 1 fully saturated rings. The molecule has 1 heterocycles. The summed E-state index contributed by atoms with van der Waals surface area (Å²) in [4.78, 5) is 3.94. The molecule has 2 rings (SSSR count). The quantitative estimate of drug-likeness (QED) is 0.777. The Kier molecular flexibility index (Phi) is 6.09. The van der Waals surface area contributed by atoms with E-state index >= 15 is 0 Å². The van der Waals surface area contributed by atoms with Crippen LogP contribution in [0.1, 0.15) is 50.3 Å². The lowest BCUT2D eigenvalue weighted by Crippen LogP contribution is -2.51. The van der Waals surface area contributed by atoms with Gasteiger partial charge < -0.3 is 5.73 Å². The smallest absolute Gasteiger partial charge is 0.0332 e. The molecule has 1 aromatic heterocycles. The van der Waals surface area contributed by atoms with E-state index < -0.39 is 0 Å². The van der Waals surface area contributed by atoms with Crippen molar-refractivity contribution in [2.75, 3.05) is 13.6 Å². The monoisotopic (exact) mass is 358 g/mol. The molecular weight excluding hydrogens is 332 g/mol. The summed E-state index contributed by atoms with van der Waals surface area (Å²) in [5, 5.41) is 2.17. The lowest BCUT2D eigenvalue weighted by atomic mass is 9.87. The van der Waals surface area contributed by atoms with Gasteiger partial charge in [-0.05, 0) is 54.2 Å².